The fraction of sp³-hybridized carbons (Fsp3) is 0.449. The molecular formula is C49H65N3O8S. The summed E-state index contributed by atoms with van der Waals surface area (Å²) in [7, 11) is 1.69. The Hall–Kier alpha value is -5.33. The summed E-state index contributed by atoms with van der Waals surface area (Å²) in [5, 5.41) is 24.1. The molecule has 1 aliphatic heterocycles. The molecule has 0 unspecified atom stereocenters. The van der Waals surface area contributed by atoms with Gasteiger partial charge in [0, 0.05) is 49.4 Å². The number of amides is 3. The van der Waals surface area contributed by atoms with Crippen molar-refractivity contribution in [2.45, 2.75) is 118 Å². The van der Waals surface area contributed by atoms with Crippen molar-refractivity contribution in [3.63, 3.8) is 0 Å². The number of carbonyl (C=O) groups is 5. The number of hydrogen-bond acceptors (Lipinski definition) is 7. The summed E-state index contributed by atoms with van der Waals surface area (Å²) >= 11 is 1.52. The Morgan fingerprint density at radius 3 is 1.85 bits per heavy atom. The minimum Gasteiger partial charge on any atom is -0.481 e. The number of unbranched alkanes of at least 4 members (excludes halogenated alkanes) is 1. The van der Waals surface area contributed by atoms with Crippen LogP contribution in [0.15, 0.2) is 72.8 Å². The second-order valence-corrected chi connectivity index (χ2v) is 16.2. The van der Waals surface area contributed by atoms with Crippen molar-refractivity contribution in [3.05, 3.63) is 117 Å². The topological polar surface area (TPSA) is 162 Å². The lowest BCUT2D eigenvalue weighted by atomic mass is 9.95. The van der Waals surface area contributed by atoms with Crippen molar-refractivity contribution >= 4 is 51.7 Å². The van der Waals surface area contributed by atoms with E-state index in [0.717, 1.165) is 86.8 Å². The molecule has 1 saturated heterocycles. The van der Waals surface area contributed by atoms with E-state index in [1.165, 1.54) is 41.9 Å². The zero-order chi connectivity index (χ0) is 44.6. The molecule has 0 spiro atoms. The van der Waals surface area contributed by atoms with Crippen LogP contribution < -0.4 is 10.6 Å². The molecule has 1 aromatic heterocycles. The van der Waals surface area contributed by atoms with Crippen molar-refractivity contribution in [2.75, 3.05) is 37.4 Å². The van der Waals surface area contributed by atoms with Crippen LogP contribution in [-0.4, -0.2) is 71.6 Å². The molecule has 3 amide bonds. The first kappa shape index (κ1) is 50.0. The summed E-state index contributed by atoms with van der Waals surface area (Å²) in [5.74, 6) is -2.36. The number of anilines is 2. The van der Waals surface area contributed by atoms with Crippen LogP contribution in [0.2, 0.25) is 0 Å². The Labute approximate surface area is 365 Å². The molecule has 4 aromatic rings. The van der Waals surface area contributed by atoms with E-state index >= 15 is 0 Å². The average Bonchev–Trinajstić information content (AvgIpc) is 3.98. The van der Waals surface area contributed by atoms with Crippen LogP contribution in [0.25, 0.3) is 0 Å². The number of aliphatic carboxylic acids is 1. The number of carboxylic acid groups (broad SMARTS) is 2. The summed E-state index contributed by atoms with van der Waals surface area (Å²) in [4.78, 5) is 61.7. The molecule has 11 nitrogen and oxygen atoms in total. The van der Waals surface area contributed by atoms with Crippen LogP contribution >= 0.6 is 11.3 Å². The highest BCUT2D eigenvalue weighted by Crippen LogP contribution is 2.39. The van der Waals surface area contributed by atoms with Crippen molar-refractivity contribution < 1.29 is 38.9 Å². The van der Waals surface area contributed by atoms with Gasteiger partial charge >= 0.3 is 11.9 Å². The molecule has 12 heteroatoms. The molecule has 1 aliphatic carbocycles. The number of nitrogens with zero attached hydrogens (tertiary/aromatic N) is 1. The van der Waals surface area contributed by atoms with E-state index in [9.17, 15) is 24.0 Å². The number of benzene rings is 3. The molecular weight excluding hydrogens is 791 g/mol. The van der Waals surface area contributed by atoms with E-state index in [1.54, 1.807) is 30.1 Å². The van der Waals surface area contributed by atoms with Crippen LogP contribution in [0.4, 0.5) is 10.7 Å². The molecule has 61 heavy (non-hydrogen) atoms. The molecule has 330 valence electrons. The van der Waals surface area contributed by atoms with Crippen molar-refractivity contribution in [3.8, 4) is 0 Å². The lowest BCUT2D eigenvalue weighted by Gasteiger charge is -2.14. The Balaban J connectivity index is 0.000000388. The highest BCUT2D eigenvalue weighted by molar-refractivity contribution is 7.17. The quantitative estimate of drug-likeness (QED) is 0.0918. The second kappa shape index (κ2) is 27.5. The van der Waals surface area contributed by atoms with Gasteiger partial charge in [-0.05, 0) is 123 Å². The molecule has 4 N–H and O–H groups in total. The number of nitrogens with one attached hydrogen (secondary N) is 2. The van der Waals surface area contributed by atoms with Gasteiger partial charge in [0.05, 0.1) is 17.5 Å². The Morgan fingerprint density at radius 1 is 0.689 bits per heavy atom. The third-order valence-electron chi connectivity index (χ3n) is 10.2. The van der Waals surface area contributed by atoms with Crippen LogP contribution in [0.5, 0.6) is 0 Å². The van der Waals surface area contributed by atoms with Gasteiger partial charge in [0.2, 0.25) is 5.91 Å². The van der Waals surface area contributed by atoms with Crippen molar-refractivity contribution in [1.29, 1.82) is 0 Å². The molecule has 1 fully saturated rings. The van der Waals surface area contributed by atoms with E-state index in [1.807, 2.05) is 61.5 Å². The SMILES string of the molecule is C1CCOC1.CCCC.CCCN(C)C(=O)CCC(=O)O.CCc1cccc(C(=O)Nc2sc3c(c2C(=O)Nc2ccc(CCc4ccc(C(=O)O)cc4)cc2)CCCC3)c1. The third kappa shape index (κ3) is 17.7. The maximum absolute atomic E-state index is 13.6. The second-order valence-electron chi connectivity index (χ2n) is 15.1. The number of fused-ring (bicyclic) bond motifs is 1. The first-order valence-corrected chi connectivity index (χ1v) is 22.5. The van der Waals surface area contributed by atoms with E-state index in [4.69, 9.17) is 14.9 Å². The number of hydrogen-bond donors (Lipinski definition) is 4. The predicted molar refractivity (Wildman–Crippen MR) is 245 cm³/mol. The van der Waals surface area contributed by atoms with E-state index in [-0.39, 0.29) is 36.1 Å². The first-order valence-electron chi connectivity index (χ1n) is 21.7. The molecule has 2 aliphatic rings. The number of rotatable bonds is 15. The molecule has 0 saturated carbocycles. The van der Waals surface area contributed by atoms with Gasteiger partial charge in [0.25, 0.3) is 11.8 Å². The highest BCUT2D eigenvalue weighted by Gasteiger charge is 2.27. The summed E-state index contributed by atoms with van der Waals surface area (Å²) in [5.41, 5.74) is 6.48. The first-order chi connectivity index (χ1) is 29.4. The number of aromatic carboxylic acids is 1. The molecule has 6 rings (SSSR count). The predicted octanol–water partition coefficient (Wildman–Crippen LogP) is 10.5. The number of aryl methyl sites for hydroxylation is 4. The van der Waals surface area contributed by atoms with Gasteiger partial charge in [-0.1, -0.05) is 76.9 Å². The van der Waals surface area contributed by atoms with Crippen LogP contribution in [0.3, 0.4) is 0 Å². The Bertz CT molecular complexity index is 1980. The third-order valence-corrected chi connectivity index (χ3v) is 11.4. The van der Waals surface area contributed by atoms with Gasteiger partial charge in [-0.3, -0.25) is 19.2 Å². The average molecular weight is 856 g/mol. The maximum Gasteiger partial charge on any atom is 0.335 e. The zero-order valence-corrected chi connectivity index (χ0v) is 37.5. The summed E-state index contributed by atoms with van der Waals surface area (Å²) < 4.78 is 4.94. The molecule has 0 radical (unpaired) electrons. The molecule has 0 atom stereocenters. The maximum atomic E-state index is 13.6. The van der Waals surface area contributed by atoms with Gasteiger partial charge in [0.1, 0.15) is 5.00 Å². The largest absolute Gasteiger partial charge is 0.481 e. The summed E-state index contributed by atoms with van der Waals surface area (Å²) in [6.45, 7) is 11.1. The van der Waals surface area contributed by atoms with E-state index in [0.29, 0.717) is 28.4 Å². The lowest BCUT2D eigenvalue weighted by Crippen LogP contribution is -2.27. The number of thiophene rings is 1. The van der Waals surface area contributed by atoms with E-state index in [2.05, 4.69) is 31.4 Å². The van der Waals surface area contributed by atoms with Gasteiger partial charge in [-0.15, -0.1) is 11.3 Å². The standard InChI is InChI=1S/C33H32N2O4S.C8H15NO3.C4H8O.C4H10/c1-2-21-6-5-7-25(20-21)30(36)35-32-29(27-8-3-4-9-28(27)40-32)31(37)34-26-18-14-23(15-19-26)11-10-22-12-16-24(17-13-22)33(38)39;1-3-6-9(2)7(10)4-5-8(11)12;1-2-4-5-3-1;1-3-4-2/h5-7,12-20H,2-4,8-11H2,1H3,(H,34,37)(H,35,36)(H,38,39);3-6H2,1-2H3,(H,11,12);1-4H2;3-4H2,1-2H3. The Kier molecular flexibility index (Phi) is 22.6. The minimum atomic E-state index is -0.927. The Morgan fingerprint density at radius 2 is 1.31 bits per heavy atom. The number of ether oxygens (including phenoxy) is 1. The fourth-order valence-corrected chi connectivity index (χ4v) is 7.71. The summed E-state index contributed by atoms with van der Waals surface area (Å²) in [6, 6.07) is 22.3. The van der Waals surface area contributed by atoms with Gasteiger partial charge in [-0.2, -0.15) is 0 Å². The van der Waals surface area contributed by atoms with Gasteiger partial charge in [-0.25, -0.2) is 4.79 Å². The normalized spacial score (nSPS) is 12.5. The van der Waals surface area contributed by atoms with E-state index < -0.39 is 11.9 Å². The number of carboxylic acids is 2. The fourth-order valence-electron chi connectivity index (χ4n) is 6.43. The lowest BCUT2D eigenvalue weighted by molar-refractivity contribution is -0.140. The number of carbonyl (C=O) groups excluding carboxylic acids is 3. The monoisotopic (exact) mass is 855 g/mol. The van der Waals surface area contributed by atoms with Crippen LogP contribution in [0, 0.1) is 0 Å². The molecule has 0 bridgehead atoms. The van der Waals surface area contributed by atoms with Crippen LogP contribution in [0.1, 0.15) is 144 Å². The van der Waals surface area contributed by atoms with Crippen molar-refractivity contribution in [1.82, 2.24) is 4.90 Å². The van der Waals surface area contributed by atoms with Gasteiger partial charge < -0.3 is 30.5 Å². The molecule has 3 aromatic carbocycles. The zero-order valence-electron chi connectivity index (χ0n) is 36.6. The minimum absolute atomic E-state index is 0.0765. The molecule has 2 heterocycles. The summed E-state index contributed by atoms with van der Waals surface area (Å²) in [6.07, 6.45) is 12.4. The van der Waals surface area contributed by atoms with Crippen molar-refractivity contribution in [2.24, 2.45) is 0 Å². The highest BCUT2D eigenvalue weighted by atomic mass is 32.1. The smallest absolute Gasteiger partial charge is 0.335 e. The van der Waals surface area contributed by atoms with Crippen LogP contribution in [-0.2, 0) is 46.4 Å². The van der Waals surface area contributed by atoms with Gasteiger partial charge in [0.15, 0.2) is 0 Å².